The number of hydrogen-bond acceptors (Lipinski definition) is 4. The Morgan fingerprint density at radius 1 is 1.11 bits per heavy atom. The van der Waals surface area contributed by atoms with Gasteiger partial charge in [0, 0.05) is 22.7 Å². The van der Waals surface area contributed by atoms with E-state index in [4.69, 9.17) is 4.74 Å². The SMILES string of the molecule is COc1ccc(C2(C)NC(=O)N(CC(=O)c3c[nH]c4ccccc34)C2=O)cc1. The molecule has 0 radical (unpaired) electrons. The van der Waals surface area contributed by atoms with Crippen LogP contribution in [0.4, 0.5) is 4.79 Å². The van der Waals surface area contributed by atoms with Crippen molar-refractivity contribution < 1.29 is 19.1 Å². The number of Topliss-reactive ketones (excluding diaryl/α,β-unsaturated/α-hetero) is 1. The third kappa shape index (κ3) is 2.72. The summed E-state index contributed by atoms with van der Waals surface area (Å²) in [5.41, 5.74) is 0.665. The second-order valence-corrected chi connectivity index (χ2v) is 6.85. The number of fused-ring (bicyclic) bond motifs is 1. The number of methoxy groups -OCH3 is 1. The summed E-state index contributed by atoms with van der Waals surface area (Å²) in [7, 11) is 1.55. The first-order valence-electron chi connectivity index (χ1n) is 8.82. The van der Waals surface area contributed by atoms with Crippen LogP contribution in [0.3, 0.4) is 0 Å². The van der Waals surface area contributed by atoms with Crippen LogP contribution in [0.5, 0.6) is 5.75 Å². The first kappa shape index (κ1) is 17.8. The van der Waals surface area contributed by atoms with Gasteiger partial charge < -0.3 is 15.0 Å². The first-order chi connectivity index (χ1) is 13.4. The Morgan fingerprint density at radius 2 is 1.82 bits per heavy atom. The number of nitrogens with one attached hydrogen (secondary N) is 2. The molecule has 2 aromatic carbocycles. The fourth-order valence-electron chi connectivity index (χ4n) is 3.49. The number of urea groups is 1. The predicted octanol–water partition coefficient (Wildman–Crippen LogP) is 2.83. The smallest absolute Gasteiger partial charge is 0.325 e. The minimum Gasteiger partial charge on any atom is -0.497 e. The lowest BCUT2D eigenvalue weighted by molar-refractivity contribution is -0.130. The number of ketones is 1. The van der Waals surface area contributed by atoms with Crippen molar-refractivity contribution in [2.24, 2.45) is 0 Å². The molecule has 1 fully saturated rings. The Bertz CT molecular complexity index is 1090. The van der Waals surface area contributed by atoms with E-state index in [0.717, 1.165) is 15.8 Å². The van der Waals surface area contributed by atoms with Crippen LogP contribution in [-0.2, 0) is 10.3 Å². The Balaban J connectivity index is 1.59. The van der Waals surface area contributed by atoms with Crippen LogP contribution in [0.15, 0.2) is 54.7 Å². The zero-order valence-corrected chi connectivity index (χ0v) is 15.5. The quantitative estimate of drug-likeness (QED) is 0.528. The van der Waals surface area contributed by atoms with Crippen molar-refractivity contribution in [2.75, 3.05) is 13.7 Å². The fraction of sp³-hybridized carbons (Fsp3) is 0.190. The minimum atomic E-state index is -1.23. The lowest BCUT2D eigenvalue weighted by atomic mass is 9.92. The highest BCUT2D eigenvalue weighted by molar-refractivity contribution is 6.14. The molecule has 1 aliphatic rings. The lowest BCUT2D eigenvalue weighted by Crippen LogP contribution is -2.41. The molecule has 1 aromatic heterocycles. The number of aromatic nitrogens is 1. The van der Waals surface area contributed by atoms with Crippen molar-refractivity contribution in [1.82, 2.24) is 15.2 Å². The zero-order valence-electron chi connectivity index (χ0n) is 15.5. The number of imide groups is 1. The zero-order chi connectivity index (χ0) is 19.9. The van der Waals surface area contributed by atoms with Crippen molar-refractivity contribution in [3.63, 3.8) is 0 Å². The molecule has 2 heterocycles. The highest BCUT2D eigenvalue weighted by Crippen LogP contribution is 2.30. The van der Waals surface area contributed by atoms with Gasteiger partial charge in [0.05, 0.1) is 13.7 Å². The van der Waals surface area contributed by atoms with E-state index in [1.807, 2.05) is 24.3 Å². The van der Waals surface area contributed by atoms with Gasteiger partial charge in [-0.15, -0.1) is 0 Å². The molecule has 1 atom stereocenters. The van der Waals surface area contributed by atoms with Gasteiger partial charge in [-0.1, -0.05) is 30.3 Å². The fourth-order valence-corrected chi connectivity index (χ4v) is 3.49. The molecule has 0 saturated carbocycles. The third-order valence-corrected chi connectivity index (χ3v) is 5.13. The molecule has 3 aromatic rings. The Labute approximate surface area is 161 Å². The Kier molecular flexibility index (Phi) is 4.15. The molecule has 0 aliphatic carbocycles. The molecule has 4 rings (SSSR count). The predicted molar refractivity (Wildman–Crippen MR) is 103 cm³/mol. The molecule has 28 heavy (non-hydrogen) atoms. The maximum Gasteiger partial charge on any atom is 0.325 e. The Hall–Kier alpha value is -3.61. The second kappa shape index (κ2) is 6.53. The second-order valence-electron chi connectivity index (χ2n) is 6.85. The van der Waals surface area contributed by atoms with Crippen LogP contribution in [0, 0.1) is 0 Å². The molecule has 7 heteroatoms. The summed E-state index contributed by atoms with van der Waals surface area (Å²) >= 11 is 0. The molecule has 2 N–H and O–H groups in total. The van der Waals surface area contributed by atoms with Crippen molar-refractivity contribution in [2.45, 2.75) is 12.5 Å². The van der Waals surface area contributed by atoms with Gasteiger partial charge in [-0.25, -0.2) is 4.79 Å². The van der Waals surface area contributed by atoms with Gasteiger partial charge in [-0.05, 0) is 30.7 Å². The topological polar surface area (TPSA) is 91.5 Å². The maximum atomic E-state index is 13.0. The lowest BCUT2D eigenvalue weighted by Gasteiger charge is -2.22. The van der Waals surface area contributed by atoms with Gasteiger partial charge >= 0.3 is 6.03 Å². The van der Waals surface area contributed by atoms with Crippen molar-refractivity contribution in [3.05, 3.63) is 65.9 Å². The number of aromatic amines is 1. The molecule has 1 aliphatic heterocycles. The number of H-pyrrole nitrogens is 1. The van der Waals surface area contributed by atoms with E-state index in [-0.39, 0.29) is 12.3 Å². The normalized spacial score (nSPS) is 19.1. The summed E-state index contributed by atoms with van der Waals surface area (Å²) in [6.07, 6.45) is 1.61. The van der Waals surface area contributed by atoms with E-state index in [0.29, 0.717) is 16.9 Å². The van der Waals surface area contributed by atoms with Gasteiger partial charge in [0.2, 0.25) is 0 Å². The van der Waals surface area contributed by atoms with E-state index >= 15 is 0 Å². The van der Waals surface area contributed by atoms with Crippen LogP contribution < -0.4 is 10.1 Å². The van der Waals surface area contributed by atoms with Crippen LogP contribution in [0.1, 0.15) is 22.8 Å². The van der Waals surface area contributed by atoms with Crippen LogP contribution in [0.2, 0.25) is 0 Å². The number of amides is 3. The number of ether oxygens (including phenoxy) is 1. The standard InChI is InChI=1S/C21H19N3O4/c1-21(13-7-9-14(28-2)10-8-13)19(26)24(20(27)23-21)12-18(25)16-11-22-17-6-4-3-5-15(16)17/h3-11,22H,12H2,1-2H3,(H,23,27). The summed E-state index contributed by atoms with van der Waals surface area (Å²) in [4.78, 5) is 42.3. The number of carbonyl (C=O) groups is 3. The van der Waals surface area contributed by atoms with Crippen LogP contribution in [0.25, 0.3) is 10.9 Å². The summed E-state index contributed by atoms with van der Waals surface area (Å²) in [6.45, 7) is 1.31. The molecule has 7 nitrogen and oxygen atoms in total. The number of nitrogens with zero attached hydrogens (tertiary/aromatic N) is 1. The molecule has 0 spiro atoms. The minimum absolute atomic E-state index is 0.306. The molecule has 1 saturated heterocycles. The molecular weight excluding hydrogens is 358 g/mol. The van der Waals surface area contributed by atoms with Crippen LogP contribution in [-0.4, -0.2) is 41.3 Å². The maximum absolute atomic E-state index is 13.0. The largest absolute Gasteiger partial charge is 0.497 e. The van der Waals surface area contributed by atoms with Crippen molar-refractivity contribution in [1.29, 1.82) is 0 Å². The van der Waals surface area contributed by atoms with Crippen LogP contribution >= 0.6 is 0 Å². The number of rotatable bonds is 5. The van der Waals surface area contributed by atoms with E-state index < -0.39 is 17.5 Å². The monoisotopic (exact) mass is 377 g/mol. The van der Waals surface area contributed by atoms with Gasteiger partial charge in [-0.2, -0.15) is 0 Å². The average molecular weight is 377 g/mol. The molecule has 0 bridgehead atoms. The third-order valence-electron chi connectivity index (χ3n) is 5.13. The van der Waals surface area contributed by atoms with E-state index in [1.54, 1.807) is 44.5 Å². The van der Waals surface area contributed by atoms with E-state index in [1.165, 1.54) is 0 Å². The number of hydrogen-bond donors (Lipinski definition) is 2. The highest BCUT2D eigenvalue weighted by atomic mass is 16.5. The Morgan fingerprint density at radius 3 is 2.54 bits per heavy atom. The van der Waals surface area contributed by atoms with Gasteiger partial charge in [0.1, 0.15) is 11.3 Å². The van der Waals surface area contributed by atoms with Gasteiger partial charge in [-0.3, -0.25) is 14.5 Å². The molecule has 1 unspecified atom stereocenters. The summed E-state index contributed by atoms with van der Waals surface area (Å²) in [5.74, 6) is -0.119. The van der Waals surface area contributed by atoms with Gasteiger partial charge in [0.15, 0.2) is 5.78 Å². The summed E-state index contributed by atoms with van der Waals surface area (Å²) in [6, 6.07) is 13.7. The molecule has 142 valence electrons. The molecule has 3 amide bonds. The van der Waals surface area contributed by atoms with E-state index in [9.17, 15) is 14.4 Å². The average Bonchev–Trinajstić information content (AvgIpc) is 3.23. The summed E-state index contributed by atoms with van der Waals surface area (Å²) < 4.78 is 5.13. The number of carbonyl (C=O) groups excluding carboxylic acids is 3. The first-order valence-corrected chi connectivity index (χ1v) is 8.82. The van der Waals surface area contributed by atoms with Gasteiger partial charge in [0.25, 0.3) is 5.91 Å². The summed E-state index contributed by atoms with van der Waals surface area (Å²) in [5, 5.41) is 3.47. The highest BCUT2D eigenvalue weighted by Gasteiger charge is 2.49. The number of para-hydroxylation sites is 1. The van der Waals surface area contributed by atoms with E-state index in [2.05, 4.69) is 10.3 Å². The molecular formula is C21H19N3O4. The number of benzene rings is 2. The van der Waals surface area contributed by atoms with Crippen molar-refractivity contribution in [3.8, 4) is 5.75 Å². The van der Waals surface area contributed by atoms with Crippen molar-refractivity contribution >= 4 is 28.6 Å².